The molecule has 2 N–H and O–H groups in total. The van der Waals surface area contributed by atoms with Crippen LogP contribution in [0.2, 0.25) is 5.02 Å². The van der Waals surface area contributed by atoms with Crippen molar-refractivity contribution in [1.29, 1.82) is 0 Å². The normalized spacial score (nSPS) is 10.9. The minimum atomic E-state index is -0.426. The Balaban J connectivity index is 1.72. The summed E-state index contributed by atoms with van der Waals surface area (Å²) < 4.78 is 5.63. The number of nitrogens with two attached hydrogens (primary N) is 1. The number of carbonyl (C=O) groups is 1. The van der Waals surface area contributed by atoms with Crippen molar-refractivity contribution < 1.29 is 9.21 Å². The van der Waals surface area contributed by atoms with Crippen LogP contribution in [0.15, 0.2) is 52.1 Å². The van der Waals surface area contributed by atoms with Crippen molar-refractivity contribution in [2.24, 2.45) is 5.73 Å². The molecule has 0 aliphatic heterocycles. The number of oxazole rings is 1. The van der Waals surface area contributed by atoms with Crippen molar-refractivity contribution in [3.63, 3.8) is 0 Å². The molecule has 0 aliphatic rings. The predicted molar refractivity (Wildman–Crippen MR) is 83.5 cm³/mol. The molecule has 1 amide bonds. The third kappa shape index (κ3) is 3.20. The average molecular weight is 319 g/mol. The summed E-state index contributed by atoms with van der Waals surface area (Å²) in [6.07, 6.45) is 0. The quantitative estimate of drug-likeness (QED) is 0.741. The fourth-order valence-electron chi connectivity index (χ4n) is 1.85. The Morgan fingerprint density at radius 1 is 1.24 bits per heavy atom. The van der Waals surface area contributed by atoms with E-state index in [1.165, 1.54) is 11.8 Å². The fraction of sp³-hybridized carbons (Fsp3) is 0.0667. The lowest BCUT2D eigenvalue weighted by Gasteiger charge is -2.00. The van der Waals surface area contributed by atoms with Gasteiger partial charge in [-0.2, -0.15) is 0 Å². The van der Waals surface area contributed by atoms with Gasteiger partial charge in [0, 0.05) is 16.3 Å². The van der Waals surface area contributed by atoms with Crippen LogP contribution in [0.3, 0.4) is 0 Å². The highest BCUT2D eigenvalue weighted by Crippen LogP contribution is 2.27. The van der Waals surface area contributed by atoms with Crippen molar-refractivity contribution >= 4 is 40.4 Å². The van der Waals surface area contributed by atoms with Gasteiger partial charge in [0.2, 0.25) is 5.91 Å². The van der Waals surface area contributed by atoms with Gasteiger partial charge in [-0.25, -0.2) is 4.98 Å². The van der Waals surface area contributed by atoms with Crippen molar-refractivity contribution in [3.05, 3.63) is 58.6 Å². The van der Waals surface area contributed by atoms with E-state index in [1.54, 1.807) is 30.3 Å². The molecular weight excluding hydrogens is 308 g/mol. The highest BCUT2D eigenvalue weighted by atomic mass is 35.5. The molecule has 0 fully saturated rings. The first-order chi connectivity index (χ1) is 10.1. The Labute approximate surface area is 130 Å². The lowest BCUT2D eigenvalue weighted by Crippen LogP contribution is -2.10. The van der Waals surface area contributed by atoms with Gasteiger partial charge in [0.15, 0.2) is 5.58 Å². The van der Waals surface area contributed by atoms with Crippen molar-refractivity contribution in [2.75, 3.05) is 0 Å². The molecule has 3 rings (SSSR count). The lowest BCUT2D eigenvalue weighted by atomic mass is 10.1. The molecule has 3 aromatic rings. The Morgan fingerprint density at radius 3 is 2.71 bits per heavy atom. The van der Waals surface area contributed by atoms with Gasteiger partial charge in [0.1, 0.15) is 5.52 Å². The molecule has 2 aromatic carbocycles. The number of fused-ring (bicyclic) bond motifs is 1. The van der Waals surface area contributed by atoms with E-state index < -0.39 is 5.91 Å². The van der Waals surface area contributed by atoms with Crippen molar-refractivity contribution in [3.8, 4) is 0 Å². The Morgan fingerprint density at radius 2 is 2.00 bits per heavy atom. The molecule has 0 aliphatic carbocycles. The maximum absolute atomic E-state index is 11.0. The Kier molecular flexibility index (Phi) is 3.86. The summed E-state index contributed by atoms with van der Waals surface area (Å²) in [5, 5.41) is 1.22. The molecule has 0 saturated heterocycles. The van der Waals surface area contributed by atoms with Gasteiger partial charge < -0.3 is 10.2 Å². The number of nitrogens with zero attached hydrogens (tertiary/aromatic N) is 1. The highest BCUT2D eigenvalue weighted by Gasteiger charge is 2.07. The first kappa shape index (κ1) is 14.0. The number of benzene rings is 2. The van der Waals surface area contributed by atoms with E-state index in [4.69, 9.17) is 21.8 Å². The number of hydrogen-bond donors (Lipinski definition) is 1. The van der Waals surface area contributed by atoms with Crippen molar-refractivity contribution in [1.82, 2.24) is 4.98 Å². The zero-order valence-electron chi connectivity index (χ0n) is 10.9. The van der Waals surface area contributed by atoms with E-state index in [-0.39, 0.29) is 0 Å². The van der Waals surface area contributed by atoms with E-state index in [0.717, 1.165) is 11.1 Å². The molecule has 1 heterocycles. The zero-order chi connectivity index (χ0) is 14.8. The second-order valence-electron chi connectivity index (χ2n) is 4.44. The van der Waals surface area contributed by atoms with Gasteiger partial charge in [0.25, 0.3) is 5.22 Å². The number of primary amides is 1. The second-order valence-corrected chi connectivity index (χ2v) is 5.80. The third-order valence-corrected chi connectivity index (χ3v) is 4.07. The fourth-order valence-corrected chi connectivity index (χ4v) is 2.81. The topological polar surface area (TPSA) is 69.1 Å². The van der Waals surface area contributed by atoms with E-state index in [9.17, 15) is 4.79 Å². The minimum Gasteiger partial charge on any atom is -0.431 e. The maximum atomic E-state index is 11.0. The van der Waals surface area contributed by atoms with Crippen LogP contribution in [-0.4, -0.2) is 10.9 Å². The third-order valence-electron chi connectivity index (χ3n) is 2.93. The van der Waals surface area contributed by atoms with Gasteiger partial charge in [-0.3, -0.25) is 4.79 Å². The van der Waals surface area contributed by atoms with Crippen LogP contribution in [-0.2, 0) is 5.75 Å². The molecule has 0 bridgehead atoms. The van der Waals surface area contributed by atoms with E-state index in [2.05, 4.69) is 4.98 Å². The number of halogens is 1. The van der Waals surface area contributed by atoms with Crippen LogP contribution >= 0.6 is 23.4 Å². The summed E-state index contributed by atoms with van der Waals surface area (Å²) in [5.41, 5.74) is 8.22. The standard InChI is InChI=1S/C15H11ClN2O2S/c16-11-5-6-13-12(7-11)18-15(20-13)21-8-9-1-3-10(4-2-9)14(17)19/h1-7H,8H2,(H2,17,19). The van der Waals surface area contributed by atoms with Crippen LogP contribution in [0.5, 0.6) is 0 Å². The number of hydrogen-bond acceptors (Lipinski definition) is 4. The molecule has 0 atom stereocenters. The molecule has 0 unspecified atom stereocenters. The van der Waals surface area contributed by atoms with E-state index in [1.807, 2.05) is 12.1 Å². The maximum Gasteiger partial charge on any atom is 0.257 e. The second kappa shape index (κ2) is 5.79. The van der Waals surface area contributed by atoms with Crippen LogP contribution in [0.1, 0.15) is 15.9 Å². The van der Waals surface area contributed by atoms with E-state index in [0.29, 0.717) is 27.1 Å². The van der Waals surface area contributed by atoms with Gasteiger partial charge >= 0.3 is 0 Å². The van der Waals surface area contributed by atoms with Gasteiger partial charge in [-0.15, -0.1) is 0 Å². The first-order valence-electron chi connectivity index (χ1n) is 6.19. The number of thioether (sulfide) groups is 1. The summed E-state index contributed by atoms with van der Waals surface area (Å²) in [4.78, 5) is 15.4. The number of amides is 1. The number of aromatic nitrogens is 1. The van der Waals surface area contributed by atoms with Gasteiger partial charge in [-0.05, 0) is 35.9 Å². The molecule has 0 saturated carbocycles. The SMILES string of the molecule is NC(=O)c1ccc(CSc2nc3cc(Cl)ccc3o2)cc1. The lowest BCUT2D eigenvalue weighted by molar-refractivity contribution is 0.100. The van der Waals surface area contributed by atoms with Gasteiger partial charge in [0.05, 0.1) is 0 Å². The summed E-state index contributed by atoms with van der Waals surface area (Å²) in [6, 6.07) is 12.5. The summed E-state index contributed by atoms with van der Waals surface area (Å²) in [6.45, 7) is 0. The molecule has 6 heteroatoms. The van der Waals surface area contributed by atoms with Crippen molar-refractivity contribution in [2.45, 2.75) is 11.0 Å². The predicted octanol–water partition coefficient (Wildman–Crippen LogP) is 3.87. The van der Waals surface area contributed by atoms with Crippen LogP contribution in [0, 0.1) is 0 Å². The van der Waals surface area contributed by atoms with Crippen LogP contribution in [0.25, 0.3) is 11.1 Å². The minimum absolute atomic E-state index is 0.426. The molecule has 106 valence electrons. The van der Waals surface area contributed by atoms with E-state index >= 15 is 0 Å². The smallest absolute Gasteiger partial charge is 0.257 e. The largest absolute Gasteiger partial charge is 0.431 e. The average Bonchev–Trinajstić information content (AvgIpc) is 2.87. The summed E-state index contributed by atoms with van der Waals surface area (Å²) >= 11 is 7.40. The Hall–Kier alpha value is -1.98. The summed E-state index contributed by atoms with van der Waals surface area (Å²) in [5.74, 6) is 0.268. The first-order valence-corrected chi connectivity index (χ1v) is 7.56. The monoisotopic (exact) mass is 318 g/mol. The highest BCUT2D eigenvalue weighted by molar-refractivity contribution is 7.98. The van der Waals surface area contributed by atoms with Gasteiger partial charge in [-0.1, -0.05) is 35.5 Å². The molecule has 21 heavy (non-hydrogen) atoms. The summed E-state index contributed by atoms with van der Waals surface area (Å²) in [7, 11) is 0. The molecule has 0 radical (unpaired) electrons. The molecular formula is C15H11ClN2O2S. The van der Waals surface area contributed by atoms with Crippen LogP contribution < -0.4 is 5.73 Å². The molecule has 4 nitrogen and oxygen atoms in total. The zero-order valence-corrected chi connectivity index (χ0v) is 12.4. The number of rotatable bonds is 4. The Bertz CT molecular complexity index is 799. The van der Waals surface area contributed by atoms with Crippen LogP contribution in [0.4, 0.5) is 0 Å². The molecule has 1 aromatic heterocycles. The number of carbonyl (C=O) groups excluding carboxylic acids is 1. The molecule has 0 spiro atoms.